The zero-order valence-electron chi connectivity index (χ0n) is 18.2. The lowest BCUT2D eigenvalue weighted by Gasteiger charge is -2.37. The van der Waals surface area contributed by atoms with Gasteiger partial charge in [0.15, 0.2) is 11.6 Å². The molecule has 1 aromatic carbocycles. The van der Waals surface area contributed by atoms with E-state index in [1.54, 1.807) is 4.57 Å². The zero-order chi connectivity index (χ0) is 22.1. The number of carbonyl (C=O) groups is 1. The number of pyridine rings is 1. The number of halogens is 1. The highest BCUT2D eigenvalue weighted by Gasteiger charge is 2.32. The molecule has 7 nitrogen and oxygen atoms in total. The topological polar surface area (TPSA) is 75.0 Å². The Bertz CT molecular complexity index is 1040. The summed E-state index contributed by atoms with van der Waals surface area (Å²) in [4.78, 5) is 28.8. The number of ether oxygens (including phenoxy) is 1. The molecule has 8 heteroatoms. The van der Waals surface area contributed by atoms with E-state index in [-0.39, 0.29) is 17.0 Å². The summed E-state index contributed by atoms with van der Waals surface area (Å²) in [5.74, 6) is -1.54. The molecule has 0 radical (unpaired) electrons. The van der Waals surface area contributed by atoms with Gasteiger partial charge >= 0.3 is 5.97 Å². The van der Waals surface area contributed by atoms with Crippen LogP contribution in [0.1, 0.15) is 55.4 Å². The number of aromatic carboxylic acids is 1. The molecule has 1 N–H and O–H groups in total. The van der Waals surface area contributed by atoms with E-state index in [9.17, 15) is 14.7 Å². The summed E-state index contributed by atoms with van der Waals surface area (Å²) < 4.78 is 22.8. The first kappa shape index (κ1) is 21.6. The lowest BCUT2D eigenvalue weighted by Crippen LogP contribution is -2.47. The quantitative estimate of drug-likeness (QED) is 0.645. The minimum Gasteiger partial charge on any atom is -0.492 e. The number of carboxylic acids is 1. The second-order valence-corrected chi connectivity index (χ2v) is 8.49. The van der Waals surface area contributed by atoms with Crippen LogP contribution >= 0.6 is 0 Å². The fraction of sp³-hybridized carbons (Fsp3) is 0.565. The summed E-state index contributed by atoms with van der Waals surface area (Å²) in [6, 6.07) is 1.29. The van der Waals surface area contributed by atoms with Crippen LogP contribution in [0.5, 0.6) is 5.75 Å². The van der Waals surface area contributed by atoms with Crippen molar-refractivity contribution in [2.24, 2.45) is 0 Å². The number of nitrogens with zero attached hydrogens (tertiary/aromatic N) is 3. The minimum atomic E-state index is -1.30. The maximum Gasteiger partial charge on any atom is 0.341 e. The van der Waals surface area contributed by atoms with Crippen molar-refractivity contribution in [1.82, 2.24) is 9.47 Å². The fourth-order valence-corrected chi connectivity index (χ4v) is 4.50. The standard InChI is InChI=1S/C23H30FN3O4/c1-3-4-5-8-25-9-11-26(12-10-25)20-18(24)13-16-19(22(20)31-2)27(15-6-7-15)14-17(21(16)28)23(29)30/h13-15H,3-12H2,1-2H3,(H,29,30). The normalized spacial score (nSPS) is 17.3. The van der Waals surface area contributed by atoms with Crippen LogP contribution in [0.25, 0.3) is 10.9 Å². The van der Waals surface area contributed by atoms with Crippen molar-refractivity contribution in [3.63, 3.8) is 0 Å². The first-order chi connectivity index (χ1) is 15.0. The number of rotatable bonds is 8. The van der Waals surface area contributed by atoms with Gasteiger partial charge < -0.3 is 19.3 Å². The van der Waals surface area contributed by atoms with E-state index in [4.69, 9.17) is 4.74 Å². The monoisotopic (exact) mass is 431 g/mol. The van der Waals surface area contributed by atoms with E-state index >= 15 is 4.39 Å². The van der Waals surface area contributed by atoms with Crippen molar-refractivity contribution in [3.8, 4) is 5.75 Å². The number of aromatic nitrogens is 1. The Kier molecular flexibility index (Phi) is 6.18. The molecule has 2 fully saturated rings. The lowest BCUT2D eigenvalue weighted by molar-refractivity contribution is 0.0695. The number of benzene rings is 1. The van der Waals surface area contributed by atoms with Gasteiger partial charge in [0.25, 0.3) is 0 Å². The van der Waals surface area contributed by atoms with Gasteiger partial charge in [0.1, 0.15) is 11.3 Å². The van der Waals surface area contributed by atoms with Crippen molar-refractivity contribution in [1.29, 1.82) is 0 Å². The number of hydrogen-bond donors (Lipinski definition) is 1. The second-order valence-electron chi connectivity index (χ2n) is 8.49. The van der Waals surface area contributed by atoms with Crippen LogP contribution in [0.4, 0.5) is 10.1 Å². The molecule has 31 heavy (non-hydrogen) atoms. The van der Waals surface area contributed by atoms with E-state index in [0.29, 0.717) is 30.0 Å². The summed E-state index contributed by atoms with van der Waals surface area (Å²) in [5.41, 5.74) is -0.167. The number of carboxylic acid groups (broad SMARTS) is 1. The molecular formula is C23H30FN3O4. The van der Waals surface area contributed by atoms with Crippen LogP contribution < -0.4 is 15.1 Å². The molecule has 0 bridgehead atoms. The Balaban J connectivity index is 1.75. The highest BCUT2D eigenvalue weighted by atomic mass is 19.1. The van der Waals surface area contributed by atoms with Crippen molar-refractivity contribution < 1.29 is 19.0 Å². The summed E-state index contributed by atoms with van der Waals surface area (Å²) in [6.45, 7) is 6.28. The SMILES string of the molecule is CCCCCN1CCN(c2c(F)cc3c(=O)c(C(=O)O)cn(C4CC4)c3c2OC)CC1. The predicted molar refractivity (Wildman–Crippen MR) is 118 cm³/mol. The fourth-order valence-electron chi connectivity index (χ4n) is 4.50. The molecule has 168 valence electrons. The molecule has 0 unspecified atom stereocenters. The van der Waals surface area contributed by atoms with Crippen LogP contribution in [-0.4, -0.2) is 60.4 Å². The molecular weight excluding hydrogens is 401 g/mol. The van der Waals surface area contributed by atoms with Gasteiger partial charge in [-0.25, -0.2) is 9.18 Å². The van der Waals surface area contributed by atoms with E-state index in [1.165, 1.54) is 38.6 Å². The third-order valence-electron chi connectivity index (χ3n) is 6.34. The van der Waals surface area contributed by atoms with Crippen molar-refractivity contribution in [2.75, 3.05) is 44.7 Å². The lowest BCUT2D eigenvalue weighted by atomic mass is 10.1. The highest BCUT2D eigenvalue weighted by molar-refractivity contribution is 5.97. The molecule has 2 aromatic rings. The molecule has 1 saturated carbocycles. The highest BCUT2D eigenvalue weighted by Crippen LogP contribution is 2.43. The molecule has 0 spiro atoms. The third-order valence-corrected chi connectivity index (χ3v) is 6.34. The van der Waals surface area contributed by atoms with Crippen LogP contribution in [-0.2, 0) is 0 Å². The van der Waals surface area contributed by atoms with Crippen molar-refractivity contribution in [2.45, 2.75) is 45.1 Å². The Morgan fingerprint density at radius 3 is 2.52 bits per heavy atom. The van der Waals surface area contributed by atoms with Crippen LogP contribution in [0.15, 0.2) is 17.1 Å². The number of fused-ring (bicyclic) bond motifs is 1. The summed E-state index contributed by atoms with van der Waals surface area (Å²) in [5, 5.41) is 9.52. The van der Waals surface area contributed by atoms with Crippen LogP contribution in [0.3, 0.4) is 0 Å². The molecule has 1 aliphatic carbocycles. The third kappa shape index (κ3) is 4.13. The molecule has 1 saturated heterocycles. The first-order valence-electron chi connectivity index (χ1n) is 11.1. The van der Waals surface area contributed by atoms with Gasteiger partial charge in [0.05, 0.1) is 18.0 Å². The van der Waals surface area contributed by atoms with Gasteiger partial charge in [-0.15, -0.1) is 0 Å². The maximum absolute atomic E-state index is 15.3. The van der Waals surface area contributed by atoms with E-state index < -0.39 is 17.2 Å². The maximum atomic E-state index is 15.3. The van der Waals surface area contributed by atoms with E-state index in [1.807, 2.05) is 4.90 Å². The number of unbranched alkanes of at least 4 members (excludes halogenated alkanes) is 2. The first-order valence-corrected chi connectivity index (χ1v) is 11.1. The Hall–Kier alpha value is -2.61. The van der Waals surface area contributed by atoms with Gasteiger partial charge in [-0.1, -0.05) is 19.8 Å². The van der Waals surface area contributed by atoms with Gasteiger partial charge in [0, 0.05) is 38.4 Å². The predicted octanol–water partition coefficient (Wildman–Crippen LogP) is 3.49. The smallest absolute Gasteiger partial charge is 0.341 e. The molecule has 2 heterocycles. The van der Waals surface area contributed by atoms with Gasteiger partial charge in [-0.3, -0.25) is 9.69 Å². The average molecular weight is 432 g/mol. The zero-order valence-corrected chi connectivity index (χ0v) is 18.2. The summed E-state index contributed by atoms with van der Waals surface area (Å²) in [7, 11) is 1.48. The number of hydrogen-bond acceptors (Lipinski definition) is 5. The Labute approximate surface area is 181 Å². The second kappa shape index (κ2) is 8.86. The van der Waals surface area contributed by atoms with E-state index in [2.05, 4.69) is 11.8 Å². The summed E-state index contributed by atoms with van der Waals surface area (Å²) >= 11 is 0. The van der Waals surface area contributed by atoms with Crippen LogP contribution in [0.2, 0.25) is 0 Å². The molecule has 1 aromatic heterocycles. The van der Waals surface area contributed by atoms with Gasteiger partial charge in [0.2, 0.25) is 5.43 Å². The number of piperazine rings is 1. The average Bonchev–Trinajstić information content (AvgIpc) is 3.59. The van der Waals surface area contributed by atoms with Crippen molar-refractivity contribution >= 4 is 22.6 Å². The number of methoxy groups -OCH3 is 1. The molecule has 0 atom stereocenters. The Morgan fingerprint density at radius 1 is 1.23 bits per heavy atom. The molecule has 4 rings (SSSR count). The number of anilines is 1. The molecule has 1 aliphatic heterocycles. The van der Waals surface area contributed by atoms with Crippen LogP contribution in [0, 0.1) is 5.82 Å². The van der Waals surface area contributed by atoms with E-state index in [0.717, 1.165) is 32.5 Å². The van der Waals surface area contributed by atoms with Crippen molar-refractivity contribution in [3.05, 3.63) is 33.9 Å². The largest absolute Gasteiger partial charge is 0.492 e. The van der Waals surface area contributed by atoms with Gasteiger partial charge in [-0.2, -0.15) is 0 Å². The van der Waals surface area contributed by atoms with Gasteiger partial charge in [-0.05, 0) is 31.9 Å². The molecule has 2 aliphatic rings. The molecule has 0 amide bonds. The summed E-state index contributed by atoms with van der Waals surface area (Å²) in [6.07, 6.45) is 6.74. The minimum absolute atomic E-state index is 0.0584. The Morgan fingerprint density at radius 2 is 1.94 bits per heavy atom.